The van der Waals surface area contributed by atoms with Gasteiger partial charge in [-0.05, 0) is 48.7 Å². The van der Waals surface area contributed by atoms with E-state index in [1.807, 2.05) is 29.7 Å². The number of rotatable bonds is 7. The molecule has 9 heteroatoms. The lowest BCUT2D eigenvalue weighted by Gasteiger charge is -2.20. The number of imidazole rings is 1. The zero-order valence-corrected chi connectivity index (χ0v) is 17.9. The van der Waals surface area contributed by atoms with Crippen LogP contribution in [0.25, 0.3) is 5.65 Å². The van der Waals surface area contributed by atoms with E-state index in [0.29, 0.717) is 10.7 Å². The van der Waals surface area contributed by atoms with Crippen LogP contribution in [0.1, 0.15) is 25.1 Å². The molecule has 3 aromatic rings. The Hall–Kier alpha value is -2.42. The van der Waals surface area contributed by atoms with Gasteiger partial charge in [0.15, 0.2) is 0 Å². The molecule has 2 aromatic heterocycles. The van der Waals surface area contributed by atoms with E-state index in [1.54, 1.807) is 20.0 Å². The first kappa shape index (κ1) is 21.3. The van der Waals surface area contributed by atoms with E-state index < -0.39 is 22.0 Å². The van der Waals surface area contributed by atoms with Gasteiger partial charge < -0.3 is 9.14 Å². The first-order valence-electron chi connectivity index (χ1n) is 9.05. The Morgan fingerprint density at radius 2 is 1.93 bits per heavy atom. The molecule has 1 N–H and O–H groups in total. The van der Waals surface area contributed by atoms with Crippen LogP contribution in [-0.2, 0) is 26.2 Å². The fraction of sp³-hybridized carbons (Fsp3) is 0.300. The summed E-state index contributed by atoms with van der Waals surface area (Å²) in [6.07, 6.45) is 3.63. The molecule has 1 aromatic carbocycles. The normalized spacial score (nSPS) is 13.0. The molecule has 0 amide bonds. The number of halogens is 1. The Morgan fingerprint density at radius 1 is 1.24 bits per heavy atom. The van der Waals surface area contributed by atoms with E-state index in [-0.39, 0.29) is 17.4 Å². The van der Waals surface area contributed by atoms with Gasteiger partial charge in [0.2, 0.25) is 10.0 Å². The molecule has 0 aliphatic rings. The number of fused-ring (bicyclic) bond motifs is 1. The average Bonchev–Trinajstić information content (AvgIpc) is 3.09. The topological polar surface area (TPSA) is 89.8 Å². The zero-order chi connectivity index (χ0) is 21.2. The van der Waals surface area contributed by atoms with Gasteiger partial charge in [0.05, 0.1) is 10.6 Å². The molecule has 0 saturated carbocycles. The van der Waals surface area contributed by atoms with Crippen molar-refractivity contribution >= 4 is 33.2 Å². The lowest BCUT2D eigenvalue weighted by Crippen LogP contribution is -2.45. The second-order valence-corrected chi connectivity index (χ2v) is 9.21. The summed E-state index contributed by atoms with van der Waals surface area (Å²) in [7, 11) is -3.90. The molecular weight excluding hydrogens is 414 g/mol. The van der Waals surface area contributed by atoms with Crippen molar-refractivity contribution in [3.63, 3.8) is 0 Å². The third-order valence-electron chi connectivity index (χ3n) is 4.42. The van der Waals surface area contributed by atoms with Gasteiger partial charge >= 0.3 is 5.97 Å². The number of aromatic nitrogens is 2. The smallest absolute Gasteiger partial charge is 0.324 e. The Kier molecular flexibility index (Phi) is 6.26. The van der Waals surface area contributed by atoms with Gasteiger partial charge in [-0.15, -0.1) is 0 Å². The number of sulfonamides is 1. The molecule has 0 radical (unpaired) electrons. The van der Waals surface area contributed by atoms with Gasteiger partial charge in [-0.3, -0.25) is 4.79 Å². The maximum Gasteiger partial charge on any atom is 0.324 e. The van der Waals surface area contributed by atoms with Crippen LogP contribution in [0.4, 0.5) is 0 Å². The molecular formula is C20H22ClN3O4S. The molecule has 0 aliphatic carbocycles. The van der Waals surface area contributed by atoms with Crippen LogP contribution in [0.5, 0.6) is 0 Å². The minimum atomic E-state index is -3.90. The second-order valence-electron chi connectivity index (χ2n) is 7.06. The molecule has 154 valence electrons. The molecule has 0 fully saturated rings. The van der Waals surface area contributed by atoms with E-state index in [1.165, 1.54) is 24.3 Å². The number of esters is 1. The van der Waals surface area contributed by atoms with Crippen LogP contribution < -0.4 is 4.72 Å². The number of benzene rings is 1. The number of carbonyl (C=O) groups excluding carboxylic acids is 1. The largest absolute Gasteiger partial charge is 0.458 e. The number of nitrogens with one attached hydrogen (secondary N) is 1. The first-order valence-corrected chi connectivity index (χ1v) is 10.9. The summed E-state index contributed by atoms with van der Waals surface area (Å²) < 4.78 is 34.9. The van der Waals surface area contributed by atoms with Gasteiger partial charge in [-0.25, -0.2) is 13.4 Å². The summed E-state index contributed by atoms with van der Waals surface area (Å²) in [5.74, 6) is -0.973. The monoisotopic (exact) mass is 435 g/mol. The Morgan fingerprint density at radius 3 is 2.55 bits per heavy atom. The minimum absolute atomic E-state index is 0.0242. The highest BCUT2D eigenvalue weighted by Crippen LogP contribution is 2.17. The summed E-state index contributed by atoms with van der Waals surface area (Å²) in [6.45, 7) is 5.37. The van der Waals surface area contributed by atoms with Gasteiger partial charge in [-0.2, -0.15) is 4.72 Å². The maximum absolute atomic E-state index is 12.6. The van der Waals surface area contributed by atoms with Gasteiger partial charge in [0.25, 0.3) is 0 Å². The molecule has 29 heavy (non-hydrogen) atoms. The number of hydrogen-bond donors (Lipinski definition) is 1. The summed E-state index contributed by atoms with van der Waals surface area (Å²) in [4.78, 5) is 17.1. The number of hydrogen-bond acceptors (Lipinski definition) is 5. The Bertz CT molecular complexity index is 1120. The lowest BCUT2D eigenvalue weighted by atomic mass is 10.1. The van der Waals surface area contributed by atoms with Gasteiger partial charge in [0.1, 0.15) is 18.3 Å². The van der Waals surface area contributed by atoms with Crippen LogP contribution in [0.15, 0.2) is 53.7 Å². The summed E-state index contributed by atoms with van der Waals surface area (Å²) in [6, 6.07) is 8.53. The molecule has 0 aliphatic heterocycles. The summed E-state index contributed by atoms with van der Waals surface area (Å²) >= 11 is 5.81. The lowest BCUT2D eigenvalue weighted by molar-refractivity contribution is -0.148. The molecule has 0 spiro atoms. The fourth-order valence-electron chi connectivity index (χ4n) is 2.81. The number of ether oxygens (including phenoxy) is 1. The molecule has 0 unspecified atom stereocenters. The quantitative estimate of drug-likeness (QED) is 0.575. The van der Waals surface area contributed by atoms with Crippen molar-refractivity contribution in [2.45, 2.75) is 38.3 Å². The van der Waals surface area contributed by atoms with Crippen molar-refractivity contribution < 1.29 is 17.9 Å². The van der Waals surface area contributed by atoms with Crippen LogP contribution >= 0.6 is 11.6 Å². The number of carbonyl (C=O) groups is 1. The second kappa shape index (κ2) is 8.52. The molecule has 0 saturated heterocycles. The summed E-state index contributed by atoms with van der Waals surface area (Å²) in [5, 5.41) is 0.423. The predicted octanol–water partition coefficient (Wildman–Crippen LogP) is 3.34. The van der Waals surface area contributed by atoms with Crippen LogP contribution in [-0.4, -0.2) is 29.8 Å². The van der Waals surface area contributed by atoms with Crippen molar-refractivity contribution in [3.05, 3.63) is 65.1 Å². The predicted molar refractivity (Wildman–Crippen MR) is 110 cm³/mol. The molecule has 2 heterocycles. The Balaban J connectivity index is 1.72. The van der Waals surface area contributed by atoms with Crippen molar-refractivity contribution in [1.29, 1.82) is 0 Å². The third-order valence-corrected chi connectivity index (χ3v) is 6.13. The number of pyridine rings is 1. The Labute approximate surface area is 174 Å². The molecule has 1 atom stereocenters. The van der Waals surface area contributed by atoms with Crippen LogP contribution in [0.3, 0.4) is 0 Å². The minimum Gasteiger partial charge on any atom is -0.458 e. The first-order chi connectivity index (χ1) is 13.7. The van der Waals surface area contributed by atoms with E-state index >= 15 is 0 Å². The van der Waals surface area contributed by atoms with Crippen molar-refractivity contribution in [2.24, 2.45) is 5.92 Å². The average molecular weight is 436 g/mol. The van der Waals surface area contributed by atoms with Crippen molar-refractivity contribution in [1.82, 2.24) is 14.1 Å². The van der Waals surface area contributed by atoms with Crippen molar-refractivity contribution in [3.8, 4) is 0 Å². The maximum atomic E-state index is 12.6. The highest BCUT2D eigenvalue weighted by atomic mass is 35.5. The van der Waals surface area contributed by atoms with E-state index in [0.717, 1.165) is 11.2 Å². The fourth-order valence-corrected chi connectivity index (χ4v) is 4.27. The SMILES string of the molecule is Cc1cccn2cc(COC(=O)[C@@H](NS(=O)(=O)c3ccc(Cl)cc3)C(C)C)nc12. The van der Waals surface area contributed by atoms with Crippen LogP contribution in [0.2, 0.25) is 5.02 Å². The highest BCUT2D eigenvalue weighted by Gasteiger charge is 2.29. The highest BCUT2D eigenvalue weighted by molar-refractivity contribution is 7.89. The molecule has 7 nitrogen and oxygen atoms in total. The van der Waals surface area contributed by atoms with Crippen LogP contribution in [0, 0.1) is 12.8 Å². The number of nitrogens with zero attached hydrogens (tertiary/aromatic N) is 2. The molecule has 3 rings (SSSR count). The third kappa shape index (κ3) is 4.95. The standard InChI is InChI=1S/C20H22ClN3O4S/c1-13(2)18(23-29(26,27)17-8-6-15(21)7-9-17)20(25)28-12-16-11-24-10-4-5-14(3)19(24)22-16/h4-11,13,18,23H,12H2,1-3H3/t18-/m0/s1. The van der Waals surface area contributed by atoms with Crippen molar-refractivity contribution in [2.75, 3.05) is 0 Å². The molecule has 0 bridgehead atoms. The number of aryl methyl sites for hydroxylation is 1. The summed E-state index contributed by atoms with van der Waals surface area (Å²) in [5.41, 5.74) is 2.36. The van der Waals surface area contributed by atoms with Gasteiger partial charge in [0, 0.05) is 17.4 Å². The van der Waals surface area contributed by atoms with Gasteiger partial charge in [-0.1, -0.05) is 31.5 Å². The zero-order valence-electron chi connectivity index (χ0n) is 16.3. The van der Waals surface area contributed by atoms with E-state index in [9.17, 15) is 13.2 Å². The van der Waals surface area contributed by atoms with E-state index in [4.69, 9.17) is 16.3 Å². The van der Waals surface area contributed by atoms with E-state index in [2.05, 4.69) is 9.71 Å².